The molecule has 9 nitrogen and oxygen atoms in total. The smallest absolute Gasteiger partial charge is 0.319 e. The molecule has 0 atom stereocenters. The summed E-state index contributed by atoms with van der Waals surface area (Å²) < 4.78 is 19.2. The molecule has 0 aromatic carbocycles. The van der Waals surface area contributed by atoms with Gasteiger partial charge in [0.1, 0.15) is 19.8 Å². The van der Waals surface area contributed by atoms with Crippen LogP contribution in [0.2, 0.25) is 0 Å². The monoisotopic (exact) mass is 857 g/mol. The third kappa shape index (κ3) is 52.5. The number of aliphatic hydroxyl groups is 3. The molecule has 0 amide bonds. The predicted molar refractivity (Wildman–Crippen MR) is 256 cm³/mol. The Morgan fingerprint density at radius 2 is 0.689 bits per heavy atom. The number of carbonyl (C=O) groups is 2. The fourth-order valence-electron chi connectivity index (χ4n) is 5.19. The normalized spacial score (nSPS) is 12.4. The maximum absolute atomic E-state index is 11.3. The van der Waals surface area contributed by atoms with Gasteiger partial charge in [-0.15, -0.1) is 0 Å². The van der Waals surface area contributed by atoms with Gasteiger partial charge in [-0.2, -0.15) is 0 Å². The van der Waals surface area contributed by atoms with Gasteiger partial charge in [0.15, 0.2) is 6.79 Å². The fourth-order valence-corrected chi connectivity index (χ4v) is 5.19. The van der Waals surface area contributed by atoms with Gasteiger partial charge in [0.2, 0.25) is 0 Å². The number of esters is 2. The predicted octanol–water partition coefficient (Wildman–Crippen LogP) is 12.6. The van der Waals surface area contributed by atoms with Gasteiger partial charge in [-0.1, -0.05) is 98.8 Å². The van der Waals surface area contributed by atoms with Crippen LogP contribution < -0.4 is 0 Å². The van der Waals surface area contributed by atoms with Gasteiger partial charge in [0, 0.05) is 0 Å². The number of rotatable bonds is 30. The van der Waals surface area contributed by atoms with Gasteiger partial charge in [-0.25, -0.2) is 0 Å². The van der Waals surface area contributed by atoms with Crippen molar-refractivity contribution < 1.29 is 43.9 Å². The van der Waals surface area contributed by atoms with Crippen LogP contribution in [0, 0.1) is 0 Å². The topological polar surface area (TPSA) is 132 Å². The highest BCUT2D eigenvalue weighted by atomic mass is 16.6. The SMILES string of the molecule is CC(C)=CCC/C(C)=C/CC/C(C)=C/COC(=O)CC(=O)OCO.CC(C)=CCC/C(C)=C/CC/C(C)=C/COCCO.CC(C)=CCC/C(C)=C/CC/C(C)=C/COCO. The number of hydrogen-bond acceptors (Lipinski definition) is 9. The molecule has 0 fully saturated rings. The Balaban J connectivity index is -0.000000838. The molecule has 0 aliphatic heterocycles. The number of carbonyl (C=O) groups excluding carboxylic acids is 2. The summed E-state index contributed by atoms with van der Waals surface area (Å²) in [5.74, 6) is -1.45. The van der Waals surface area contributed by atoms with Crippen molar-refractivity contribution in [3.8, 4) is 0 Å². The molecule has 0 rings (SSSR count). The Morgan fingerprint density at radius 1 is 0.377 bits per heavy atom. The van der Waals surface area contributed by atoms with Gasteiger partial charge in [0.25, 0.3) is 0 Å². The molecule has 9 heteroatoms. The summed E-state index contributed by atoms with van der Waals surface area (Å²) in [6.45, 7) is 26.4. The summed E-state index contributed by atoms with van der Waals surface area (Å²) in [6, 6.07) is 0. The van der Waals surface area contributed by atoms with Gasteiger partial charge in [-0.05, 0) is 166 Å². The van der Waals surface area contributed by atoms with E-state index in [0.29, 0.717) is 19.8 Å². The maximum atomic E-state index is 11.3. The van der Waals surface area contributed by atoms with E-state index in [1.165, 1.54) is 44.6 Å². The van der Waals surface area contributed by atoms with Crippen molar-refractivity contribution in [3.63, 3.8) is 0 Å². The zero-order valence-corrected chi connectivity index (χ0v) is 40.6. The number of aliphatic hydroxyl groups excluding tert-OH is 3. The second kappa shape index (κ2) is 44.5. The summed E-state index contributed by atoms with van der Waals surface area (Å²) in [6.07, 6.45) is 32.2. The Bertz CT molecular complexity index is 1420. The fraction of sp³-hybridized carbons (Fsp3) is 0.615. The average molecular weight is 857 g/mol. The lowest BCUT2D eigenvalue weighted by Crippen LogP contribution is -2.14. The molecule has 0 radical (unpaired) electrons. The van der Waals surface area contributed by atoms with Crippen molar-refractivity contribution in [2.24, 2.45) is 0 Å². The van der Waals surface area contributed by atoms with Crippen molar-refractivity contribution >= 4 is 11.9 Å². The minimum absolute atomic E-state index is 0.0977. The van der Waals surface area contributed by atoms with Crippen LogP contribution in [0.1, 0.15) is 167 Å². The zero-order chi connectivity index (χ0) is 46.7. The Hall–Kier alpha value is -3.60. The van der Waals surface area contributed by atoms with Crippen molar-refractivity contribution in [2.75, 3.05) is 46.6 Å². The molecule has 0 spiro atoms. The van der Waals surface area contributed by atoms with Crippen LogP contribution in [0.25, 0.3) is 0 Å². The van der Waals surface area contributed by atoms with Gasteiger partial charge in [0.05, 0.1) is 26.4 Å². The van der Waals surface area contributed by atoms with Crippen LogP contribution in [0.15, 0.2) is 105 Å². The first-order valence-electron chi connectivity index (χ1n) is 22.1. The molecule has 0 heterocycles. The van der Waals surface area contributed by atoms with Gasteiger partial charge < -0.3 is 34.3 Å². The lowest BCUT2D eigenvalue weighted by molar-refractivity contribution is -0.158. The molecular weight excluding hydrogens is 769 g/mol. The standard InChI is InChI=1S/C19H30O5.C17H30O2.C16H28O2/c1-15(2)7-5-8-16(3)9-6-10-17(4)11-12-23-18(21)13-19(22)24-14-20;1-15(2)7-5-8-16(3)9-6-10-17(4)11-13-19-14-12-18;1-14(2)7-5-8-15(3)9-6-10-16(4)11-12-18-13-17/h7,9,11,20H,5-6,8,10,12-14H2,1-4H3;7,9,11,18H,5-6,8,10,12-14H2,1-4H3;7,9,11,17H,5-6,8,10,12-13H2,1-4H3/b2*16-9+,17-11+;15-9+,16-11+. The minimum atomic E-state index is -0.795. The molecule has 350 valence electrons. The molecule has 0 saturated carbocycles. The van der Waals surface area contributed by atoms with E-state index >= 15 is 0 Å². The van der Waals surface area contributed by atoms with Crippen LogP contribution in [-0.4, -0.2) is 73.9 Å². The van der Waals surface area contributed by atoms with E-state index < -0.39 is 25.2 Å². The summed E-state index contributed by atoms with van der Waals surface area (Å²) >= 11 is 0. The van der Waals surface area contributed by atoms with E-state index in [-0.39, 0.29) is 20.0 Å². The van der Waals surface area contributed by atoms with E-state index in [2.05, 4.69) is 123 Å². The Morgan fingerprint density at radius 3 is 1.02 bits per heavy atom. The van der Waals surface area contributed by atoms with Gasteiger partial charge in [-0.3, -0.25) is 9.59 Å². The number of ether oxygens (including phenoxy) is 4. The van der Waals surface area contributed by atoms with Crippen LogP contribution in [-0.2, 0) is 28.5 Å². The zero-order valence-electron chi connectivity index (χ0n) is 40.6. The summed E-state index contributed by atoms with van der Waals surface area (Å²) in [5.41, 5.74) is 12.3. The Labute approximate surface area is 372 Å². The van der Waals surface area contributed by atoms with E-state index in [4.69, 9.17) is 29.5 Å². The molecule has 0 saturated heterocycles. The maximum Gasteiger partial charge on any atom is 0.319 e. The van der Waals surface area contributed by atoms with E-state index in [1.807, 2.05) is 19.1 Å². The van der Waals surface area contributed by atoms with Crippen molar-refractivity contribution in [1.82, 2.24) is 0 Å². The summed E-state index contributed by atoms with van der Waals surface area (Å²) in [7, 11) is 0. The summed E-state index contributed by atoms with van der Waals surface area (Å²) in [4.78, 5) is 22.3. The third-order valence-corrected chi connectivity index (χ3v) is 8.98. The third-order valence-electron chi connectivity index (χ3n) is 8.98. The molecule has 61 heavy (non-hydrogen) atoms. The van der Waals surface area contributed by atoms with Crippen molar-refractivity contribution in [3.05, 3.63) is 105 Å². The average Bonchev–Trinajstić information content (AvgIpc) is 3.17. The van der Waals surface area contributed by atoms with E-state index in [0.717, 1.165) is 82.6 Å². The Kier molecular flexibility index (Phi) is 45.0. The second-order valence-electron chi connectivity index (χ2n) is 16.2. The largest absolute Gasteiger partial charge is 0.461 e. The highest BCUT2D eigenvalue weighted by molar-refractivity contribution is 5.91. The van der Waals surface area contributed by atoms with Crippen LogP contribution >= 0.6 is 0 Å². The lowest BCUT2D eigenvalue weighted by Gasteiger charge is -2.04. The molecule has 0 aromatic heterocycles. The van der Waals surface area contributed by atoms with Crippen LogP contribution in [0.5, 0.6) is 0 Å². The first kappa shape index (κ1) is 61.7. The van der Waals surface area contributed by atoms with Gasteiger partial charge >= 0.3 is 11.9 Å². The highest BCUT2D eigenvalue weighted by Crippen LogP contribution is 2.14. The van der Waals surface area contributed by atoms with E-state index in [9.17, 15) is 9.59 Å². The van der Waals surface area contributed by atoms with Crippen LogP contribution in [0.4, 0.5) is 0 Å². The first-order chi connectivity index (χ1) is 29.0. The molecule has 0 aliphatic rings. The molecule has 0 unspecified atom stereocenters. The molecule has 3 N–H and O–H groups in total. The lowest BCUT2D eigenvalue weighted by atomic mass is 10.1. The highest BCUT2D eigenvalue weighted by Gasteiger charge is 2.10. The second-order valence-corrected chi connectivity index (χ2v) is 16.2. The van der Waals surface area contributed by atoms with Crippen molar-refractivity contribution in [1.29, 1.82) is 0 Å². The minimum Gasteiger partial charge on any atom is -0.461 e. The molecule has 0 bridgehead atoms. The van der Waals surface area contributed by atoms with Crippen molar-refractivity contribution in [2.45, 2.75) is 167 Å². The molecule has 0 aromatic rings. The molecular formula is C52H88O9. The number of allylic oxidation sites excluding steroid dienone is 15. The number of hydrogen-bond donors (Lipinski definition) is 3. The van der Waals surface area contributed by atoms with E-state index in [1.54, 1.807) is 0 Å². The van der Waals surface area contributed by atoms with Crippen LogP contribution in [0.3, 0.4) is 0 Å². The molecule has 0 aliphatic carbocycles. The quantitative estimate of drug-likeness (QED) is 0.0212. The first-order valence-corrected chi connectivity index (χ1v) is 22.1. The summed E-state index contributed by atoms with van der Waals surface area (Å²) in [5, 5.41) is 25.4.